The summed E-state index contributed by atoms with van der Waals surface area (Å²) < 4.78 is 48.5. The molecule has 0 aliphatic carbocycles. The molecule has 10 aromatic rings. The number of aryl methyl sites for hydroxylation is 5. The van der Waals surface area contributed by atoms with Crippen LogP contribution in [-0.2, 0) is 6.18 Å². The van der Waals surface area contributed by atoms with E-state index in [1.54, 1.807) is 6.92 Å². The molecule has 2 heterocycles. The maximum atomic E-state index is 14.8. The van der Waals surface area contributed by atoms with Crippen LogP contribution in [0, 0.1) is 45.9 Å². The molecule has 0 fully saturated rings. The number of halogens is 3. The minimum absolute atomic E-state index is 0.383. The van der Waals surface area contributed by atoms with E-state index in [-0.39, 0.29) is 0 Å². The molecule has 2 aromatic heterocycles. The molecule has 0 atom stereocenters. The molecular formula is C55H40F3N3. The van der Waals surface area contributed by atoms with E-state index in [1.807, 2.05) is 54.6 Å². The first kappa shape index (κ1) is 37.9. The third-order valence-corrected chi connectivity index (χ3v) is 12.1. The second-order valence-corrected chi connectivity index (χ2v) is 16.4. The number of fused-ring (bicyclic) bond motifs is 6. The smallest absolute Gasteiger partial charge is 0.308 e. The van der Waals surface area contributed by atoms with Crippen LogP contribution >= 0.6 is 0 Å². The van der Waals surface area contributed by atoms with E-state index in [9.17, 15) is 18.4 Å². The van der Waals surface area contributed by atoms with Gasteiger partial charge in [-0.15, -0.1) is 0 Å². The summed E-state index contributed by atoms with van der Waals surface area (Å²) in [6, 6.07) is 52.3. The summed E-state index contributed by atoms with van der Waals surface area (Å²) in [5.74, 6) is 0. The van der Waals surface area contributed by atoms with Crippen molar-refractivity contribution >= 4 is 43.6 Å². The molecule has 3 nitrogen and oxygen atoms in total. The van der Waals surface area contributed by atoms with Crippen molar-refractivity contribution in [1.29, 1.82) is 5.26 Å². The number of nitriles is 1. The number of hydrogen-bond donors (Lipinski definition) is 0. The Balaban J connectivity index is 1.33. The van der Waals surface area contributed by atoms with Crippen LogP contribution < -0.4 is 0 Å². The van der Waals surface area contributed by atoms with E-state index in [2.05, 4.69) is 128 Å². The fraction of sp³-hybridized carbons (Fsp3) is 0.109. The van der Waals surface area contributed by atoms with Gasteiger partial charge in [0.2, 0.25) is 0 Å². The van der Waals surface area contributed by atoms with Gasteiger partial charge in [-0.05, 0) is 140 Å². The van der Waals surface area contributed by atoms with Crippen LogP contribution in [0.25, 0.3) is 88.4 Å². The maximum Gasteiger partial charge on any atom is 0.416 e. The third kappa shape index (κ3) is 6.28. The molecule has 0 saturated heterocycles. The second kappa shape index (κ2) is 14.1. The van der Waals surface area contributed by atoms with Gasteiger partial charge >= 0.3 is 6.18 Å². The van der Waals surface area contributed by atoms with Gasteiger partial charge in [-0.1, -0.05) is 102 Å². The lowest BCUT2D eigenvalue weighted by atomic mass is 9.94. The number of nitrogens with zero attached hydrogens (tertiary/aromatic N) is 3. The van der Waals surface area contributed by atoms with Gasteiger partial charge in [0.15, 0.2) is 0 Å². The van der Waals surface area contributed by atoms with E-state index >= 15 is 0 Å². The monoisotopic (exact) mass is 799 g/mol. The molecule has 0 aliphatic rings. The molecule has 10 rings (SSSR count). The van der Waals surface area contributed by atoms with Crippen molar-refractivity contribution in [2.45, 2.75) is 40.8 Å². The fourth-order valence-corrected chi connectivity index (χ4v) is 9.49. The van der Waals surface area contributed by atoms with E-state index in [0.717, 1.165) is 65.9 Å². The Hall–Kier alpha value is -7.36. The van der Waals surface area contributed by atoms with Gasteiger partial charge in [-0.2, -0.15) is 18.4 Å². The van der Waals surface area contributed by atoms with Crippen LogP contribution in [-0.4, -0.2) is 9.13 Å². The molecule has 0 aliphatic heterocycles. The van der Waals surface area contributed by atoms with Gasteiger partial charge in [0.05, 0.1) is 50.6 Å². The zero-order valence-corrected chi connectivity index (χ0v) is 34.4. The lowest BCUT2D eigenvalue weighted by Gasteiger charge is -2.22. The molecule has 6 heteroatoms. The van der Waals surface area contributed by atoms with Gasteiger partial charge in [0, 0.05) is 27.1 Å². The summed E-state index contributed by atoms with van der Waals surface area (Å²) in [5.41, 5.74) is 14.9. The van der Waals surface area contributed by atoms with Gasteiger partial charge in [-0.3, -0.25) is 0 Å². The molecular weight excluding hydrogens is 760 g/mol. The number of aromatic nitrogens is 2. The lowest BCUT2D eigenvalue weighted by Crippen LogP contribution is -2.08. The van der Waals surface area contributed by atoms with Crippen LogP contribution in [0.5, 0.6) is 0 Å². The minimum atomic E-state index is -4.58. The van der Waals surface area contributed by atoms with Crippen LogP contribution in [0.4, 0.5) is 13.2 Å². The molecule has 0 bridgehead atoms. The first-order valence-corrected chi connectivity index (χ1v) is 20.4. The molecule has 61 heavy (non-hydrogen) atoms. The minimum Gasteiger partial charge on any atom is -0.308 e. The Bertz CT molecular complexity index is 3290. The van der Waals surface area contributed by atoms with Crippen LogP contribution in [0.1, 0.15) is 38.9 Å². The Morgan fingerprint density at radius 2 is 0.918 bits per heavy atom. The molecule has 0 N–H and O–H groups in total. The number of hydrogen-bond acceptors (Lipinski definition) is 1. The van der Waals surface area contributed by atoms with Crippen molar-refractivity contribution in [1.82, 2.24) is 9.13 Å². The topological polar surface area (TPSA) is 33.6 Å². The predicted molar refractivity (Wildman–Crippen MR) is 245 cm³/mol. The van der Waals surface area contributed by atoms with Crippen molar-refractivity contribution in [3.05, 3.63) is 191 Å². The molecule has 0 amide bonds. The summed E-state index contributed by atoms with van der Waals surface area (Å²) in [6.45, 7) is 10.1. The Morgan fingerprint density at radius 3 is 1.38 bits per heavy atom. The van der Waals surface area contributed by atoms with E-state index < -0.39 is 11.7 Å². The van der Waals surface area contributed by atoms with Crippen molar-refractivity contribution in [3.63, 3.8) is 0 Å². The maximum absolute atomic E-state index is 14.8. The zero-order chi connectivity index (χ0) is 42.3. The van der Waals surface area contributed by atoms with Crippen molar-refractivity contribution in [3.8, 4) is 50.8 Å². The molecule has 8 aromatic carbocycles. The number of benzene rings is 8. The summed E-state index contributed by atoms with van der Waals surface area (Å²) in [5, 5.41) is 14.8. The summed E-state index contributed by atoms with van der Waals surface area (Å²) in [6.07, 6.45) is -4.58. The average Bonchev–Trinajstić information content (AvgIpc) is 3.75. The molecule has 0 unspecified atom stereocenters. The molecule has 296 valence electrons. The Labute approximate surface area is 352 Å². The fourth-order valence-electron chi connectivity index (χ4n) is 9.49. The van der Waals surface area contributed by atoms with Crippen molar-refractivity contribution in [2.75, 3.05) is 0 Å². The summed E-state index contributed by atoms with van der Waals surface area (Å²) in [4.78, 5) is 0. The van der Waals surface area contributed by atoms with Gasteiger partial charge in [0.25, 0.3) is 0 Å². The van der Waals surface area contributed by atoms with E-state index in [4.69, 9.17) is 0 Å². The highest BCUT2D eigenvalue weighted by molar-refractivity contribution is 6.13. The largest absolute Gasteiger partial charge is 0.416 e. The number of rotatable bonds is 5. The predicted octanol–water partition coefficient (Wildman–Crippen LogP) is 15.3. The number of alkyl halides is 3. The summed E-state index contributed by atoms with van der Waals surface area (Å²) in [7, 11) is 0. The molecule has 0 radical (unpaired) electrons. The highest BCUT2D eigenvalue weighted by atomic mass is 19.4. The van der Waals surface area contributed by atoms with Gasteiger partial charge in [-0.25, -0.2) is 0 Å². The van der Waals surface area contributed by atoms with Crippen LogP contribution in [0.2, 0.25) is 0 Å². The van der Waals surface area contributed by atoms with E-state index in [0.29, 0.717) is 33.6 Å². The first-order valence-electron chi connectivity index (χ1n) is 20.4. The Kier molecular flexibility index (Phi) is 8.78. The second-order valence-electron chi connectivity index (χ2n) is 16.4. The third-order valence-electron chi connectivity index (χ3n) is 12.1. The van der Waals surface area contributed by atoms with Gasteiger partial charge in [0.1, 0.15) is 0 Å². The lowest BCUT2D eigenvalue weighted by molar-refractivity contribution is -0.137. The first-order chi connectivity index (χ1) is 29.4. The van der Waals surface area contributed by atoms with Crippen LogP contribution in [0.3, 0.4) is 0 Å². The standard InChI is InChI=1S/C55H40F3N3/c1-32-14-18-42(35(4)22-32)38-16-20-50-46(29-38)44-10-6-8-12-48(44)60(50)52-26-37(31-59)27-53(54(52)40-24-34(3)25-41(28-40)55(56,57)58)61-49-13-9-7-11-45(49)47-30-39(17-21-51(47)61)43-19-15-33(2)23-36(43)5/h6-30H,1-5H3. The Morgan fingerprint density at radius 1 is 0.443 bits per heavy atom. The normalized spacial score (nSPS) is 11.9. The van der Waals surface area contributed by atoms with Crippen LogP contribution in [0.15, 0.2) is 152 Å². The zero-order valence-electron chi connectivity index (χ0n) is 34.4. The quantitative estimate of drug-likeness (QED) is 0.171. The highest BCUT2D eigenvalue weighted by Crippen LogP contribution is 2.45. The van der Waals surface area contributed by atoms with E-state index in [1.165, 1.54) is 34.4 Å². The molecule has 0 saturated carbocycles. The molecule has 0 spiro atoms. The number of para-hydroxylation sites is 2. The average molecular weight is 800 g/mol. The van der Waals surface area contributed by atoms with Gasteiger partial charge < -0.3 is 9.13 Å². The highest BCUT2D eigenvalue weighted by Gasteiger charge is 2.32. The summed E-state index contributed by atoms with van der Waals surface area (Å²) >= 11 is 0. The van der Waals surface area contributed by atoms with Crippen molar-refractivity contribution in [2.24, 2.45) is 0 Å². The SMILES string of the molecule is Cc1cc(-c2c(-n3c4ccccc4c4cc(-c5ccc(C)cc5C)ccc43)cc(C#N)cc2-n2c3ccccc3c3cc(-c4ccc(C)cc4C)ccc32)cc(C(F)(F)F)c1. The van der Waals surface area contributed by atoms with Crippen molar-refractivity contribution < 1.29 is 13.2 Å².